The second-order valence-corrected chi connectivity index (χ2v) is 8.01. The molecule has 0 aliphatic heterocycles. The largest absolute Gasteiger partial charge is 0.494 e. The first kappa shape index (κ1) is 20.2. The monoisotopic (exact) mass is 423 g/mol. The maximum Gasteiger partial charge on any atom is 0.291 e. The van der Waals surface area contributed by atoms with Crippen LogP contribution in [-0.2, 0) is 0 Å². The van der Waals surface area contributed by atoms with E-state index in [0.29, 0.717) is 27.5 Å². The molecule has 2 aromatic carbocycles. The molecule has 0 spiro atoms. The van der Waals surface area contributed by atoms with Gasteiger partial charge >= 0.3 is 0 Å². The number of unbranched alkanes of at least 4 members (excludes halogenated alkanes) is 3. The summed E-state index contributed by atoms with van der Waals surface area (Å²) in [6.45, 7) is 2.89. The van der Waals surface area contributed by atoms with Crippen molar-refractivity contribution >= 4 is 22.4 Å². The van der Waals surface area contributed by atoms with E-state index in [9.17, 15) is 9.18 Å². The van der Waals surface area contributed by atoms with Crippen LogP contribution in [0.15, 0.2) is 53.3 Å². The van der Waals surface area contributed by atoms with Gasteiger partial charge < -0.3 is 4.74 Å². The second kappa shape index (κ2) is 9.17. The average Bonchev–Trinajstić information content (AvgIpc) is 3.30. The lowest BCUT2D eigenvalue weighted by molar-refractivity contribution is 0.305. The zero-order chi connectivity index (χ0) is 20.9. The van der Waals surface area contributed by atoms with Gasteiger partial charge in [-0.05, 0) is 42.8 Å². The third-order valence-electron chi connectivity index (χ3n) is 4.75. The topological polar surface area (TPSA) is 56.5 Å². The van der Waals surface area contributed by atoms with E-state index in [2.05, 4.69) is 17.0 Å². The Kier molecular flexibility index (Phi) is 6.18. The summed E-state index contributed by atoms with van der Waals surface area (Å²) in [6.07, 6.45) is 6.19. The molecule has 0 fully saturated rings. The number of benzene rings is 2. The van der Waals surface area contributed by atoms with E-state index in [1.165, 1.54) is 47.3 Å². The standard InChI is InChI=1S/C23H22FN3O2S/c1-2-3-4-7-14-29-18-12-10-16(11-13-18)21-25-23-27(26-21)22(28)20(30-23)15-17-8-5-6-9-19(17)24/h5-6,8-13,15H,2-4,7,14H2,1H3. The van der Waals surface area contributed by atoms with Crippen molar-refractivity contribution in [3.05, 3.63) is 74.8 Å². The van der Waals surface area contributed by atoms with Crippen LogP contribution in [-0.4, -0.2) is 21.2 Å². The summed E-state index contributed by atoms with van der Waals surface area (Å²) in [5.74, 6) is 0.914. The third kappa shape index (κ3) is 4.41. The Bertz CT molecular complexity index is 1250. The van der Waals surface area contributed by atoms with Gasteiger partial charge in [0.1, 0.15) is 11.6 Å². The minimum absolute atomic E-state index is 0.302. The van der Waals surface area contributed by atoms with Crippen LogP contribution in [0.1, 0.15) is 38.2 Å². The number of hydrogen-bond acceptors (Lipinski definition) is 5. The van der Waals surface area contributed by atoms with Gasteiger partial charge in [0.15, 0.2) is 5.82 Å². The van der Waals surface area contributed by atoms with Gasteiger partial charge in [-0.25, -0.2) is 4.39 Å². The summed E-state index contributed by atoms with van der Waals surface area (Å²) >= 11 is 1.19. The highest BCUT2D eigenvalue weighted by Crippen LogP contribution is 2.21. The lowest BCUT2D eigenvalue weighted by atomic mass is 10.2. The zero-order valence-corrected chi connectivity index (χ0v) is 17.5. The van der Waals surface area contributed by atoms with E-state index in [-0.39, 0.29) is 11.4 Å². The zero-order valence-electron chi connectivity index (χ0n) is 16.7. The predicted molar refractivity (Wildman–Crippen MR) is 117 cm³/mol. The van der Waals surface area contributed by atoms with E-state index in [1.807, 2.05) is 24.3 Å². The quantitative estimate of drug-likeness (QED) is 0.393. The van der Waals surface area contributed by atoms with Crippen LogP contribution in [0, 0.1) is 5.82 Å². The van der Waals surface area contributed by atoms with Crippen molar-refractivity contribution in [1.82, 2.24) is 14.6 Å². The smallest absolute Gasteiger partial charge is 0.291 e. The number of rotatable bonds is 8. The summed E-state index contributed by atoms with van der Waals surface area (Å²) in [6, 6.07) is 13.9. The SMILES string of the molecule is CCCCCCOc1ccc(-c2nc3sc(=Cc4ccccc4F)c(=O)n3n2)cc1. The molecule has 2 heterocycles. The van der Waals surface area contributed by atoms with Crippen LogP contribution in [0.2, 0.25) is 0 Å². The van der Waals surface area contributed by atoms with E-state index >= 15 is 0 Å². The first-order chi connectivity index (χ1) is 14.7. The Balaban J connectivity index is 1.52. The lowest BCUT2D eigenvalue weighted by Gasteiger charge is -2.06. The van der Waals surface area contributed by atoms with E-state index < -0.39 is 0 Å². The van der Waals surface area contributed by atoms with Crippen LogP contribution < -0.4 is 14.8 Å². The van der Waals surface area contributed by atoms with Gasteiger partial charge in [0.2, 0.25) is 4.96 Å². The average molecular weight is 424 g/mol. The molecule has 5 nitrogen and oxygen atoms in total. The fourth-order valence-electron chi connectivity index (χ4n) is 3.11. The van der Waals surface area contributed by atoms with Gasteiger partial charge in [-0.1, -0.05) is 55.7 Å². The number of halogens is 1. The first-order valence-electron chi connectivity index (χ1n) is 10.0. The normalized spacial score (nSPS) is 12.0. The third-order valence-corrected chi connectivity index (χ3v) is 5.71. The Labute approximate surface area is 177 Å². The second-order valence-electron chi connectivity index (χ2n) is 7.00. The van der Waals surface area contributed by atoms with Crippen LogP contribution in [0.5, 0.6) is 5.75 Å². The fourth-order valence-corrected chi connectivity index (χ4v) is 4.01. The number of aromatic nitrogens is 3. The van der Waals surface area contributed by atoms with Crippen molar-refractivity contribution in [2.24, 2.45) is 0 Å². The van der Waals surface area contributed by atoms with Gasteiger partial charge in [0, 0.05) is 11.1 Å². The molecule has 4 aromatic rings. The maximum absolute atomic E-state index is 13.9. The van der Waals surface area contributed by atoms with Crippen LogP contribution in [0.4, 0.5) is 4.39 Å². The predicted octanol–water partition coefficient (Wildman–Crippen LogP) is 4.46. The van der Waals surface area contributed by atoms with Gasteiger partial charge in [-0.2, -0.15) is 9.50 Å². The Hall–Kier alpha value is -3.06. The van der Waals surface area contributed by atoms with Crippen LogP contribution in [0.3, 0.4) is 0 Å². The highest BCUT2D eigenvalue weighted by molar-refractivity contribution is 7.15. The number of hydrogen-bond donors (Lipinski definition) is 0. The summed E-state index contributed by atoms with van der Waals surface area (Å²) in [7, 11) is 0. The van der Waals surface area contributed by atoms with Crippen molar-refractivity contribution in [3.8, 4) is 17.1 Å². The molecular weight excluding hydrogens is 401 g/mol. The summed E-state index contributed by atoms with van der Waals surface area (Å²) in [5, 5.41) is 4.34. The molecule has 0 N–H and O–H groups in total. The number of ether oxygens (including phenoxy) is 1. The van der Waals surface area contributed by atoms with Gasteiger partial charge in [0.25, 0.3) is 5.56 Å². The van der Waals surface area contributed by atoms with Crippen molar-refractivity contribution in [3.63, 3.8) is 0 Å². The molecule has 0 aliphatic rings. The van der Waals surface area contributed by atoms with E-state index in [4.69, 9.17) is 4.74 Å². The lowest BCUT2D eigenvalue weighted by Crippen LogP contribution is -2.23. The number of nitrogens with zero attached hydrogens (tertiary/aromatic N) is 3. The molecule has 0 unspecified atom stereocenters. The molecule has 0 bridgehead atoms. The minimum Gasteiger partial charge on any atom is -0.494 e. The molecule has 0 amide bonds. The molecule has 0 aliphatic carbocycles. The number of fused-ring (bicyclic) bond motifs is 1. The molecule has 0 saturated heterocycles. The van der Waals surface area contributed by atoms with Crippen LogP contribution >= 0.6 is 11.3 Å². The summed E-state index contributed by atoms with van der Waals surface area (Å²) in [4.78, 5) is 17.6. The summed E-state index contributed by atoms with van der Waals surface area (Å²) < 4.78 is 21.3. The Morgan fingerprint density at radius 2 is 1.90 bits per heavy atom. The number of thiazole rings is 1. The highest BCUT2D eigenvalue weighted by atomic mass is 32.1. The maximum atomic E-state index is 13.9. The molecule has 0 radical (unpaired) electrons. The fraction of sp³-hybridized carbons (Fsp3) is 0.261. The molecule has 0 saturated carbocycles. The highest BCUT2D eigenvalue weighted by Gasteiger charge is 2.12. The van der Waals surface area contributed by atoms with Crippen molar-refractivity contribution in [1.29, 1.82) is 0 Å². The minimum atomic E-state index is -0.371. The molecule has 7 heteroatoms. The summed E-state index contributed by atoms with van der Waals surface area (Å²) in [5.41, 5.74) is 0.872. The Morgan fingerprint density at radius 1 is 1.10 bits per heavy atom. The van der Waals surface area contributed by atoms with Crippen molar-refractivity contribution in [2.45, 2.75) is 32.6 Å². The van der Waals surface area contributed by atoms with Crippen molar-refractivity contribution < 1.29 is 9.13 Å². The molecule has 154 valence electrons. The van der Waals surface area contributed by atoms with E-state index in [0.717, 1.165) is 17.7 Å². The molecule has 2 aromatic heterocycles. The van der Waals surface area contributed by atoms with Gasteiger partial charge in [0.05, 0.1) is 11.1 Å². The molecule has 4 rings (SSSR count). The Morgan fingerprint density at radius 3 is 2.63 bits per heavy atom. The molecule has 0 atom stereocenters. The van der Waals surface area contributed by atoms with Gasteiger partial charge in [-0.15, -0.1) is 5.10 Å². The first-order valence-corrected chi connectivity index (χ1v) is 10.9. The van der Waals surface area contributed by atoms with Gasteiger partial charge in [-0.3, -0.25) is 4.79 Å². The molecule has 30 heavy (non-hydrogen) atoms. The molecular formula is C23H22FN3O2S. The van der Waals surface area contributed by atoms with E-state index in [1.54, 1.807) is 18.2 Å². The van der Waals surface area contributed by atoms with Crippen LogP contribution in [0.25, 0.3) is 22.4 Å². The van der Waals surface area contributed by atoms with Crippen molar-refractivity contribution in [2.75, 3.05) is 6.61 Å².